The van der Waals surface area contributed by atoms with Crippen LogP contribution in [0.3, 0.4) is 0 Å². The van der Waals surface area contributed by atoms with Crippen LogP contribution in [0.5, 0.6) is 5.75 Å². The van der Waals surface area contributed by atoms with Gasteiger partial charge in [-0.25, -0.2) is 0 Å². The lowest BCUT2D eigenvalue weighted by atomic mass is 10.0. The molecule has 0 N–H and O–H groups in total. The number of benzene rings is 1. The highest BCUT2D eigenvalue weighted by Gasteiger charge is 2.36. The van der Waals surface area contributed by atoms with E-state index in [2.05, 4.69) is 9.47 Å². The zero-order valence-corrected chi connectivity index (χ0v) is 11.1. The number of rotatable bonds is 5. The van der Waals surface area contributed by atoms with Crippen LogP contribution in [0.25, 0.3) is 0 Å². The van der Waals surface area contributed by atoms with E-state index < -0.39 is 40.7 Å². The summed E-state index contributed by atoms with van der Waals surface area (Å²) in [5.41, 5.74) is -1.90. The summed E-state index contributed by atoms with van der Waals surface area (Å²) in [6, 6.07) is 3.14. The monoisotopic (exact) mass is 318 g/mol. The summed E-state index contributed by atoms with van der Waals surface area (Å²) in [6.45, 7) is 1.47. The van der Waals surface area contributed by atoms with Crippen LogP contribution < -0.4 is 4.74 Å². The van der Waals surface area contributed by atoms with E-state index in [1.54, 1.807) is 6.07 Å². The van der Waals surface area contributed by atoms with E-state index in [-0.39, 0.29) is 12.2 Å². The highest BCUT2D eigenvalue weighted by Crippen LogP contribution is 2.36. The van der Waals surface area contributed by atoms with Gasteiger partial charge in [-0.05, 0) is 19.1 Å². The number of hydrogen-bond acceptors (Lipinski definition) is 6. The highest BCUT2D eigenvalue weighted by molar-refractivity contribution is 5.77. The third-order valence-electron chi connectivity index (χ3n) is 2.40. The molecule has 0 heterocycles. The summed E-state index contributed by atoms with van der Waals surface area (Å²) in [5, 5.41) is 19.9. The number of nitriles is 1. The second-order valence-corrected chi connectivity index (χ2v) is 3.84. The number of carbonyl (C=O) groups is 1. The Morgan fingerprint density at radius 3 is 2.55 bits per heavy atom. The number of carbonyl (C=O) groups excluding carboxylic acids is 1. The first-order valence-electron chi connectivity index (χ1n) is 5.81. The molecule has 0 aliphatic rings. The molecule has 0 radical (unpaired) electrons. The molecule has 10 heteroatoms. The van der Waals surface area contributed by atoms with Gasteiger partial charge in [0.1, 0.15) is 0 Å². The van der Waals surface area contributed by atoms with Gasteiger partial charge in [-0.1, -0.05) is 0 Å². The molecule has 118 valence electrons. The number of nitro groups is 1. The van der Waals surface area contributed by atoms with E-state index in [0.29, 0.717) is 6.07 Å². The summed E-state index contributed by atoms with van der Waals surface area (Å²) in [6.07, 6.45) is -5.87. The van der Waals surface area contributed by atoms with Crippen LogP contribution in [0.1, 0.15) is 18.1 Å². The van der Waals surface area contributed by atoms with Gasteiger partial charge >= 0.3 is 18.0 Å². The van der Waals surface area contributed by atoms with Crippen LogP contribution in [0.4, 0.5) is 18.9 Å². The Morgan fingerprint density at radius 1 is 1.45 bits per heavy atom. The van der Waals surface area contributed by atoms with Gasteiger partial charge in [0.05, 0.1) is 35.1 Å². The lowest BCUT2D eigenvalue weighted by Gasteiger charge is -2.12. The number of hydrogen-bond donors (Lipinski definition) is 0. The van der Waals surface area contributed by atoms with Crippen molar-refractivity contribution in [1.82, 2.24) is 0 Å². The van der Waals surface area contributed by atoms with Crippen LogP contribution in [-0.2, 0) is 16.0 Å². The van der Waals surface area contributed by atoms with Gasteiger partial charge in [0, 0.05) is 0 Å². The van der Waals surface area contributed by atoms with Crippen LogP contribution in [0.2, 0.25) is 0 Å². The van der Waals surface area contributed by atoms with E-state index in [9.17, 15) is 28.1 Å². The maximum absolute atomic E-state index is 12.3. The minimum atomic E-state index is -5.15. The normalized spacial score (nSPS) is 10.7. The number of nitrogens with zero attached hydrogens (tertiary/aromatic N) is 2. The third kappa shape index (κ3) is 4.34. The van der Waals surface area contributed by atoms with Crippen molar-refractivity contribution < 1.29 is 32.4 Å². The van der Waals surface area contributed by atoms with E-state index in [4.69, 9.17) is 5.26 Å². The van der Waals surface area contributed by atoms with Crippen LogP contribution >= 0.6 is 0 Å². The first-order chi connectivity index (χ1) is 10.2. The minimum absolute atomic E-state index is 0.0206. The van der Waals surface area contributed by atoms with Crippen molar-refractivity contribution in [1.29, 1.82) is 5.26 Å². The van der Waals surface area contributed by atoms with Gasteiger partial charge in [0.2, 0.25) is 5.75 Å². The van der Waals surface area contributed by atoms with Crippen LogP contribution in [-0.4, -0.2) is 23.9 Å². The maximum atomic E-state index is 12.3. The van der Waals surface area contributed by atoms with E-state index in [1.165, 1.54) is 6.92 Å². The molecule has 1 aromatic rings. The van der Waals surface area contributed by atoms with E-state index in [0.717, 1.165) is 6.07 Å². The standard InChI is InChI=1S/C12H9F3N2O5/c1-2-21-10(18)5-8-7(6-16)3-4-9(11(8)17(19)20)22-12(13,14)15/h3-4H,2,5H2,1H3. The lowest BCUT2D eigenvalue weighted by Crippen LogP contribution is -2.19. The molecule has 0 bridgehead atoms. The molecule has 22 heavy (non-hydrogen) atoms. The average molecular weight is 318 g/mol. The summed E-state index contributed by atoms with van der Waals surface area (Å²) >= 11 is 0. The second-order valence-electron chi connectivity index (χ2n) is 3.84. The molecule has 0 unspecified atom stereocenters. The van der Waals surface area contributed by atoms with Crippen molar-refractivity contribution in [3.8, 4) is 11.8 Å². The number of esters is 1. The van der Waals surface area contributed by atoms with Crippen molar-refractivity contribution in [3.05, 3.63) is 33.4 Å². The Kier molecular flexibility index (Phi) is 5.28. The van der Waals surface area contributed by atoms with Gasteiger partial charge in [0.15, 0.2) is 0 Å². The predicted octanol–water partition coefficient (Wildman–Crippen LogP) is 2.47. The zero-order chi connectivity index (χ0) is 16.9. The fourth-order valence-electron chi connectivity index (χ4n) is 1.66. The predicted molar refractivity (Wildman–Crippen MR) is 64.8 cm³/mol. The van der Waals surface area contributed by atoms with E-state index in [1.807, 2.05) is 0 Å². The van der Waals surface area contributed by atoms with Crippen molar-refractivity contribution in [2.75, 3.05) is 6.61 Å². The number of halogens is 3. The minimum Gasteiger partial charge on any atom is -0.466 e. The van der Waals surface area contributed by atoms with Crippen molar-refractivity contribution in [2.24, 2.45) is 0 Å². The molecule has 0 fully saturated rings. The highest BCUT2D eigenvalue weighted by atomic mass is 19.4. The average Bonchev–Trinajstić information content (AvgIpc) is 2.37. The topological polar surface area (TPSA) is 102 Å². The van der Waals surface area contributed by atoms with Gasteiger partial charge in [-0.3, -0.25) is 14.9 Å². The second kappa shape index (κ2) is 6.75. The third-order valence-corrected chi connectivity index (χ3v) is 2.40. The molecule has 7 nitrogen and oxygen atoms in total. The molecule has 0 aliphatic heterocycles. The molecular formula is C12H9F3N2O5. The lowest BCUT2D eigenvalue weighted by molar-refractivity contribution is -0.389. The van der Waals surface area contributed by atoms with Crippen molar-refractivity contribution in [2.45, 2.75) is 19.7 Å². The molecule has 0 atom stereocenters. The van der Waals surface area contributed by atoms with Gasteiger partial charge < -0.3 is 9.47 Å². The van der Waals surface area contributed by atoms with E-state index >= 15 is 0 Å². The number of alkyl halides is 3. The van der Waals surface area contributed by atoms with Gasteiger partial charge in [-0.15, -0.1) is 13.2 Å². The SMILES string of the molecule is CCOC(=O)Cc1c(C#N)ccc(OC(F)(F)F)c1[N+](=O)[O-]. The molecule has 1 aromatic carbocycles. The summed E-state index contributed by atoms with van der Waals surface area (Å²) in [5.74, 6) is -2.01. The maximum Gasteiger partial charge on any atom is 0.573 e. The first kappa shape index (κ1) is 17.2. The number of ether oxygens (including phenoxy) is 2. The fraction of sp³-hybridized carbons (Fsp3) is 0.333. The molecule has 1 rings (SSSR count). The quantitative estimate of drug-likeness (QED) is 0.469. The molecule has 0 saturated carbocycles. The largest absolute Gasteiger partial charge is 0.573 e. The zero-order valence-electron chi connectivity index (χ0n) is 11.1. The van der Waals surface area contributed by atoms with Crippen molar-refractivity contribution in [3.63, 3.8) is 0 Å². The van der Waals surface area contributed by atoms with Gasteiger partial charge in [-0.2, -0.15) is 5.26 Å². The van der Waals surface area contributed by atoms with Crippen LogP contribution in [0, 0.1) is 21.4 Å². The summed E-state index contributed by atoms with van der Waals surface area (Å²) in [7, 11) is 0. The molecule has 0 aromatic heterocycles. The Hall–Kier alpha value is -2.83. The molecule has 0 aliphatic carbocycles. The Labute approximate surface area is 122 Å². The van der Waals surface area contributed by atoms with Crippen molar-refractivity contribution >= 4 is 11.7 Å². The molecular weight excluding hydrogens is 309 g/mol. The number of nitro benzene ring substituents is 1. The Morgan fingerprint density at radius 2 is 2.09 bits per heavy atom. The fourth-order valence-corrected chi connectivity index (χ4v) is 1.66. The van der Waals surface area contributed by atoms with Crippen LogP contribution in [0.15, 0.2) is 12.1 Å². The summed E-state index contributed by atoms with van der Waals surface area (Å²) < 4.78 is 45.0. The Bertz CT molecular complexity index is 637. The smallest absolute Gasteiger partial charge is 0.466 e. The molecule has 0 amide bonds. The Balaban J connectivity index is 3.42. The first-order valence-corrected chi connectivity index (χ1v) is 5.81. The van der Waals surface area contributed by atoms with Gasteiger partial charge in [0.25, 0.3) is 0 Å². The molecule has 0 spiro atoms. The summed E-state index contributed by atoms with van der Waals surface area (Å²) in [4.78, 5) is 21.3. The molecule has 0 saturated heterocycles.